The number of halogens is 1. The van der Waals surface area contributed by atoms with Crippen molar-refractivity contribution >= 4 is 11.3 Å². The number of rotatable bonds is 6. The third-order valence-corrected chi connectivity index (χ3v) is 4.49. The molecular weight excluding hydrogens is 271 g/mol. The zero-order valence-corrected chi connectivity index (χ0v) is 13.0. The van der Waals surface area contributed by atoms with Crippen LogP contribution >= 0.6 is 11.3 Å². The van der Waals surface area contributed by atoms with Crippen LogP contribution in [0.4, 0.5) is 4.39 Å². The zero-order chi connectivity index (χ0) is 14.5. The summed E-state index contributed by atoms with van der Waals surface area (Å²) in [5.41, 5.74) is 2.47. The van der Waals surface area contributed by atoms with Crippen LogP contribution in [-0.2, 0) is 6.54 Å². The van der Waals surface area contributed by atoms with E-state index in [1.807, 2.05) is 26.2 Å². The highest BCUT2D eigenvalue weighted by molar-refractivity contribution is 7.10. The largest absolute Gasteiger partial charge is 0.310 e. The summed E-state index contributed by atoms with van der Waals surface area (Å²) in [6, 6.07) is 9.15. The Morgan fingerprint density at radius 3 is 2.45 bits per heavy atom. The minimum atomic E-state index is -0.187. The van der Waals surface area contributed by atoms with Crippen molar-refractivity contribution in [3.63, 3.8) is 0 Å². The summed E-state index contributed by atoms with van der Waals surface area (Å²) in [7, 11) is 4.10. The van der Waals surface area contributed by atoms with Gasteiger partial charge in [-0.15, -0.1) is 11.3 Å². The van der Waals surface area contributed by atoms with E-state index >= 15 is 0 Å². The molecule has 0 saturated carbocycles. The Labute approximate surface area is 124 Å². The summed E-state index contributed by atoms with van der Waals surface area (Å²) in [5.74, 6) is -0.187. The summed E-state index contributed by atoms with van der Waals surface area (Å²) in [6.45, 7) is 3.86. The van der Waals surface area contributed by atoms with Crippen molar-refractivity contribution in [2.24, 2.45) is 0 Å². The average molecular weight is 292 g/mol. The fourth-order valence-corrected chi connectivity index (χ4v) is 3.07. The van der Waals surface area contributed by atoms with Gasteiger partial charge in [0.05, 0.1) is 0 Å². The Balaban J connectivity index is 1.96. The summed E-state index contributed by atoms with van der Waals surface area (Å²) in [4.78, 5) is 3.53. The molecule has 1 unspecified atom stereocenters. The van der Waals surface area contributed by atoms with Gasteiger partial charge in [0.1, 0.15) is 5.82 Å². The first kappa shape index (κ1) is 15.2. The molecule has 2 rings (SSSR count). The van der Waals surface area contributed by atoms with E-state index in [-0.39, 0.29) is 11.9 Å². The second-order valence-electron chi connectivity index (χ2n) is 5.19. The number of benzene rings is 1. The van der Waals surface area contributed by atoms with E-state index in [2.05, 4.69) is 28.6 Å². The summed E-state index contributed by atoms with van der Waals surface area (Å²) in [6.07, 6.45) is 0. The third kappa shape index (κ3) is 3.88. The maximum absolute atomic E-state index is 13.0. The fourth-order valence-electron chi connectivity index (χ4n) is 2.19. The van der Waals surface area contributed by atoms with Crippen LogP contribution in [0.15, 0.2) is 35.7 Å². The van der Waals surface area contributed by atoms with E-state index in [1.54, 1.807) is 11.3 Å². The molecule has 2 aromatic rings. The van der Waals surface area contributed by atoms with E-state index in [0.717, 1.165) is 18.7 Å². The quantitative estimate of drug-likeness (QED) is 0.875. The number of hydrogen-bond donors (Lipinski definition) is 1. The lowest BCUT2D eigenvalue weighted by Crippen LogP contribution is -2.30. The zero-order valence-electron chi connectivity index (χ0n) is 12.2. The molecule has 2 nitrogen and oxygen atoms in total. The molecule has 1 heterocycles. The molecule has 0 amide bonds. The fraction of sp³-hybridized carbons (Fsp3) is 0.375. The first-order chi connectivity index (χ1) is 9.58. The number of thiophene rings is 1. The molecule has 1 atom stereocenters. The Morgan fingerprint density at radius 1 is 1.20 bits per heavy atom. The normalized spacial score (nSPS) is 12.8. The minimum absolute atomic E-state index is 0.187. The van der Waals surface area contributed by atoms with Crippen LogP contribution in [-0.4, -0.2) is 25.5 Å². The van der Waals surface area contributed by atoms with E-state index in [1.165, 1.54) is 22.6 Å². The van der Waals surface area contributed by atoms with Crippen molar-refractivity contribution in [2.45, 2.75) is 19.5 Å². The molecule has 0 aliphatic heterocycles. The first-order valence-electron chi connectivity index (χ1n) is 6.73. The van der Waals surface area contributed by atoms with Gasteiger partial charge in [-0.2, -0.15) is 0 Å². The van der Waals surface area contributed by atoms with Gasteiger partial charge in [-0.1, -0.05) is 12.1 Å². The topological polar surface area (TPSA) is 15.3 Å². The second kappa shape index (κ2) is 6.97. The lowest BCUT2D eigenvalue weighted by Gasteiger charge is -2.25. The standard InChI is InChI=1S/C16H21FN2S/c1-12-8-9-20-16(12)11-18-10-15(19(2)3)13-4-6-14(17)7-5-13/h4-9,15,18H,10-11H2,1-3H3. The molecule has 1 aromatic carbocycles. The van der Waals surface area contributed by atoms with E-state index in [4.69, 9.17) is 0 Å². The molecule has 0 saturated heterocycles. The van der Waals surface area contributed by atoms with Crippen molar-refractivity contribution < 1.29 is 4.39 Å². The van der Waals surface area contributed by atoms with Crippen LogP contribution in [0.5, 0.6) is 0 Å². The predicted molar refractivity (Wildman–Crippen MR) is 83.6 cm³/mol. The molecule has 0 bridgehead atoms. The molecule has 0 aliphatic carbocycles. The van der Waals surface area contributed by atoms with Gasteiger partial charge in [-0.25, -0.2) is 4.39 Å². The van der Waals surface area contributed by atoms with E-state index in [9.17, 15) is 4.39 Å². The smallest absolute Gasteiger partial charge is 0.123 e. The van der Waals surface area contributed by atoms with Gasteiger partial charge < -0.3 is 10.2 Å². The molecule has 108 valence electrons. The number of likely N-dealkylation sites (N-methyl/N-ethyl adjacent to an activating group) is 1. The van der Waals surface area contributed by atoms with E-state index < -0.39 is 0 Å². The maximum atomic E-state index is 13.0. The van der Waals surface area contributed by atoms with Gasteiger partial charge in [0, 0.05) is 24.0 Å². The molecule has 0 radical (unpaired) electrons. The molecule has 0 spiro atoms. The number of nitrogens with one attached hydrogen (secondary N) is 1. The highest BCUT2D eigenvalue weighted by Crippen LogP contribution is 2.19. The number of nitrogens with zero attached hydrogens (tertiary/aromatic N) is 1. The summed E-state index contributed by atoms with van der Waals surface area (Å²) in [5, 5.41) is 5.62. The minimum Gasteiger partial charge on any atom is -0.310 e. The van der Waals surface area contributed by atoms with Crippen LogP contribution in [0.1, 0.15) is 22.0 Å². The number of aryl methyl sites for hydroxylation is 1. The van der Waals surface area contributed by atoms with Gasteiger partial charge >= 0.3 is 0 Å². The monoisotopic (exact) mass is 292 g/mol. The maximum Gasteiger partial charge on any atom is 0.123 e. The molecular formula is C16H21FN2S. The molecule has 0 aliphatic rings. The molecule has 4 heteroatoms. The molecule has 1 aromatic heterocycles. The van der Waals surface area contributed by atoms with Gasteiger partial charge in [0.25, 0.3) is 0 Å². The Hall–Kier alpha value is -1.23. The number of hydrogen-bond acceptors (Lipinski definition) is 3. The Bertz CT molecular complexity index is 534. The van der Waals surface area contributed by atoms with Crippen molar-refractivity contribution in [2.75, 3.05) is 20.6 Å². The second-order valence-corrected chi connectivity index (χ2v) is 6.19. The van der Waals surface area contributed by atoms with Crippen LogP contribution in [0.3, 0.4) is 0 Å². The van der Waals surface area contributed by atoms with Crippen molar-refractivity contribution in [3.05, 3.63) is 57.5 Å². The predicted octanol–water partition coefficient (Wildman–Crippen LogP) is 3.59. The van der Waals surface area contributed by atoms with Crippen LogP contribution in [0, 0.1) is 12.7 Å². The van der Waals surface area contributed by atoms with E-state index in [0.29, 0.717) is 0 Å². The lowest BCUT2D eigenvalue weighted by atomic mass is 10.1. The van der Waals surface area contributed by atoms with Crippen molar-refractivity contribution in [1.29, 1.82) is 0 Å². The third-order valence-electron chi connectivity index (χ3n) is 3.47. The summed E-state index contributed by atoms with van der Waals surface area (Å²) >= 11 is 1.78. The van der Waals surface area contributed by atoms with Gasteiger partial charge in [-0.3, -0.25) is 0 Å². The van der Waals surface area contributed by atoms with Crippen molar-refractivity contribution in [3.8, 4) is 0 Å². The molecule has 0 fully saturated rings. The van der Waals surface area contributed by atoms with Gasteiger partial charge in [0.2, 0.25) is 0 Å². The van der Waals surface area contributed by atoms with Gasteiger partial charge in [0.15, 0.2) is 0 Å². The van der Waals surface area contributed by atoms with Crippen LogP contribution in [0.25, 0.3) is 0 Å². The highest BCUT2D eigenvalue weighted by atomic mass is 32.1. The molecule has 1 N–H and O–H groups in total. The Morgan fingerprint density at radius 2 is 1.90 bits per heavy atom. The SMILES string of the molecule is Cc1ccsc1CNCC(c1ccc(F)cc1)N(C)C. The van der Waals surface area contributed by atoms with Gasteiger partial charge in [-0.05, 0) is 55.7 Å². The van der Waals surface area contributed by atoms with Crippen LogP contribution < -0.4 is 5.32 Å². The van der Waals surface area contributed by atoms with Crippen molar-refractivity contribution in [1.82, 2.24) is 10.2 Å². The molecule has 20 heavy (non-hydrogen) atoms. The highest BCUT2D eigenvalue weighted by Gasteiger charge is 2.13. The summed E-state index contributed by atoms with van der Waals surface area (Å²) < 4.78 is 13.0. The lowest BCUT2D eigenvalue weighted by molar-refractivity contribution is 0.288. The van der Waals surface area contributed by atoms with Crippen LogP contribution in [0.2, 0.25) is 0 Å². The first-order valence-corrected chi connectivity index (χ1v) is 7.61. The average Bonchev–Trinajstić information content (AvgIpc) is 2.81. The Kier molecular flexibility index (Phi) is 5.29.